The predicted octanol–water partition coefficient (Wildman–Crippen LogP) is 2.07. The molecule has 96 valence electrons. The smallest absolute Gasteiger partial charge is 0.251 e. The Morgan fingerprint density at radius 2 is 2.26 bits per heavy atom. The number of methoxy groups -OCH3 is 1. The minimum absolute atomic E-state index is 0.00622. The van der Waals surface area contributed by atoms with Crippen molar-refractivity contribution in [1.29, 1.82) is 5.26 Å². The summed E-state index contributed by atoms with van der Waals surface area (Å²) >= 11 is 0. The van der Waals surface area contributed by atoms with Gasteiger partial charge >= 0.3 is 0 Å². The first kappa shape index (κ1) is 12.8. The van der Waals surface area contributed by atoms with Gasteiger partial charge in [0.05, 0.1) is 13.3 Å². The molecule has 0 aliphatic carbocycles. The molecule has 5 nitrogen and oxygen atoms in total. The summed E-state index contributed by atoms with van der Waals surface area (Å²) in [6.45, 7) is 0.187. The predicted molar refractivity (Wildman–Crippen MR) is 64.0 cm³/mol. The summed E-state index contributed by atoms with van der Waals surface area (Å²) in [6, 6.07) is 8.99. The van der Waals surface area contributed by atoms with Crippen LogP contribution in [0.25, 0.3) is 0 Å². The van der Waals surface area contributed by atoms with Gasteiger partial charge in [0.2, 0.25) is 11.6 Å². The van der Waals surface area contributed by atoms with Gasteiger partial charge in [-0.25, -0.2) is 9.97 Å². The number of aromatic nitrogens is 2. The number of nitriles is 1. The minimum atomic E-state index is -0.815. The standard InChI is InChI=1S/C13H10FN3O2/c1-18-10-4-2-3-9(5-10)8-19-13-11(6-15)17-12(14)7-16-13/h2-5,7H,8H2,1H3. The fourth-order valence-corrected chi connectivity index (χ4v) is 1.45. The van der Waals surface area contributed by atoms with Gasteiger partial charge in [-0.1, -0.05) is 12.1 Å². The average Bonchev–Trinajstić information content (AvgIpc) is 2.46. The van der Waals surface area contributed by atoms with Crippen LogP contribution in [0.5, 0.6) is 11.6 Å². The lowest BCUT2D eigenvalue weighted by Gasteiger charge is -2.07. The van der Waals surface area contributed by atoms with Crippen molar-refractivity contribution in [3.05, 3.63) is 47.7 Å². The first-order chi connectivity index (χ1) is 9.22. The Bertz CT molecular complexity index is 626. The van der Waals surface area contributed by atoms with Crippen molar-refractivity contribution >= 4 is 0 Å². The van der Waals surface area contributed by atoms with Gasteiger partial charge in [0.25, 0.3) is 5.88 Å². The Balaban J connectivity index is 2.12. The number of rotatable bonds is 4. The number of ether oxygens (including phenoxy) is 2. The molecule has 0 spiro atoms. The zero-order valence-electron chi connectivity index (χ0n) is 10.1. The molecule has 6 heteroatoms. The largest absolute Gasteiger partial charge is 0.497 e. The molecule has 1 heterocycles. The van der Waals surface area contributed by atoms with E-state index >= 15 is 0 Å². The highest BCUT2D eigenvalue weighted by Gasteiger charge is 2.08. The van der Waals surface area contributed by atoms with Crippen LogP contribution in [0.4, 0.5) is 4.39 Å². The first-order valence-electron chi connectivity index (χ1n) is 5.41. The fraction of sp³-hybridized carbons (Fsp3) is 0.154. The summed E-state index contributed by atoms with van der Waals surface area (Å²) < 4.78 is 23.2. The molecule has 0 unspecified atom stereocenters. The maximum atomic E-state index is 12.8. The number of halogens is 1. The molecule has 2 aromatic rings. The summed E-state index contributed by atoms with van der Waals surface area (Å²) in [4.78, 5) is 7.09. The molecule has 0 aliphatic heterocycles. The van der Waals surface area contributed by atoms with E-state index in [-0.39, 0.29) is 18.2 Å². The van der Waals surface area contributed by atoms with Crippen LogP contribution in [-0.4, -0.2) is 17.1 Å². The molecule has 0 saturated carbocycles. The third-order valence-corrected chi connectivity index (χ3v) is 2.33. The van der Waals surface area contributed by atoms with Crippen LogP contribution < -0.4 is 9.47 Å². The van der Waals surface area contributed by atoms with Gasteiger partial charge in [0, 0.05) is 0 Å². The second-order valence-electron chi connectivity index (χ2n) is 3.60. The normalized spacial score (nSPS) is 9.74. The quantitative estimate of drug-likeness (QED) is 0.840. The number of hydrogen-bond acceptors (Lipinski definition) is 5. The summed E-state index contributed by atoms with van der Waals surface area (Å²) in [5.41, 5.74) is 0.664. The van der Waals surface area contributed by atoms with E-state index in [0.717, 1.165) is 11.8 Å². The number of hydrogen-bond donors (Lipinski definition) is 0. The van der Waals surface area contributed by atoms with E-state index < -0.39 is 5.95 Å². The highest BCUT2D eigenvalue weighted by atomic mass is 19.1. The second kappa shape index (κ2) is 5.78. The molecular weight excluding hydrogens is 249 g/mol. The third kappa shape index (κ3) is 3.16. The topological polar surface area (TPSA) is 68.0 Å². The monoisotopic (exact) mass is 259 g/mol. The molecule has 0 amide bonds. The Morgan fingerprint density at radius 1 is 1.42 bits per heavy atom. The Morgan fingerprint density at radius 3 is 3.00 bits per heavy atom. The molecule has 1 aromatic heterocycles. The molecule has 0 N–H and O–H groups in total. The van der Waals surface area contributed by atoms with E-state index in [1.165, 1.54) is 0 Å². The fourth-order valence-electron chi connectivity index (χ4n) is 1.45. The van der Waals surface area contributed by atoms with E-state index in [2.05, 4.69) is 9.97 Å². The molecule has 19 heavy (non-hydrogen) atoms. The van der Waals surface area contributed by atoms with E-state index in [0.29, 0.717) is 5.75 Å². The Kier molecular flexibility index (Phi) is 3.88. The van der Waals surface area contributed by atoms with Gasteiger partial charge in [0.1, 0.15) is 18.4 Å². The van der Waals surface area contributed by atoms with Gasteiger partial charge in [-0.05, 0) is 17.7 Å². The Labute approximate surface area is 109 Å². The van der Waals surface area contributed by atoms with Crippen molar-refractivity contribution in [2.45, 2.75) is 6.61 Å². The number of benzene rings is 1. The SMILES string of the molecule is COc1cccc(COc2ncc(F)nc2C#N)c1. The molecule has 0 fully saturated rings. The van der Waals surface area contributed by atoms with Crippen LogP contribution in [0.15, 0.2) is 30.5 Å². The molecule has 0 radical (unpaired) electrons. The van der Waals surface area contributed by atoms with Gasteiger partial charge < -0.3 is 9.47 Å². The van der Waals surface area contributed by atoms with Crippen molar-refractivity contribution < 1.29 is 13.9 Å². The Hall–Kier alpha value is -2.68. The lowest BCUT2D eigenvalue weighted by molar-refractivity contribution is 0.288. The first-order valence-corrected chi connectivity index (χ1v) is 5.41. The lowest BCUT2D eigenvalue weighted by atomic mass is 10.2. The zero-order chi connectivity index (χ0) is 13.7. The van der Waals surface area contributed by atoms with Gasteiger partial charge in [-0.15, -0.1) is 0 Å². The average molecular weight is 259 g/mol. The summed E-state index contributed by atoms with van der Waals surface area (Å²) in [6.07, 6.45) is 0.905. The molecule has 0 atom stereocenters. The summed E-state index contributed by atoms with van der Waals surface area (Å²) in [7, 11) is 1.57. The van der Waals surface area contributed by atoms with Crippen LogP contribution in [0, 0.1) is 17.3 Å². The lowest BCUT2D eigenvalue weighted by Crippen LogP contribution is -2.02. The second-order valence-corrected chi connectivity index (χ2v) is 3.60. The van der Waals surface area contributed by atoms with Crippen LogP contribution in [0.2, 0.25) is 0 Å². The molecule has 0 saturated heterocycles. The minimum Gasteiger partial charge on any atom is -0.497 e. The van der Waals surface area contributed by atoms with Crippen molar-refractivity contribution in [2.24, 2.45) is 0 Å². The third-order valence-electron chi connectivity index (χ3n) is 2.33. The maximum Gasteiger partial charge on any atom is 0.251 e. The highest BCUT2D eigenvalue weighted by molar-refractivity contribution is 5.31. The van der Waals surface area contributed by atoms with Crippen LogP contribution in [0.1, 0.15) is 11.3 Å². The molecular formula is C13H10FN3O2. The highest BCUT2D eigenvalue weighted by Crippen LogP contribution is 2.16. The van der Waals surface area contributed by atoms with Crippen LogP contribution in [0.3, 0.4) is 0 Å². The molecule has 2 rings (SSSR count). The van der Waals surface area contributed by atoms with Crippen molar-refractivity contribution in [3.8, 4) is 17.7 Å². The van der Waals surface area contributed by atoms with Gasteiger partial charge in [0.15, 0.2) is 0 Å². The zero-order valence-corrected chi connectivity index (χ0v) is 10.1. The molecule has 0 bridgehead atoms. The maximum absolute atomic E-state index is 12.8. The van der Waals surface area contributed by atoms with Crippen LogP contribution in [-0.2, 0) is 6.61 Å². The van der Waals surface area contributed by atoms with Crippen molar-refractivity contribution in [2.75, 3.05) is 7.11 Å². The van der Waals surface area contributed by atoms with E-state index in [9.17, 15) is 4.39 Å². The summed E-state index contributed by atoms with van der Waals surface area (Å²) in [5.74, 6) is -0.108. The van der Waals surface area contributed by atoms with Gasteiger partial charge in [-0.2, -0.15) is 9.65 Å². The van der Waals surface area contributed by atoms with Crippen molar-refractivity contribution in [1.82, 2.24) is 9.97 Å². The van der Waals surface area contributed by atoms with Crippen molar-refractivity contribution in [3.63, 3.8) is 0 Å². The molecule has 0 aliphatic rings. The van der Waals surface area contributed by atoms with E-state index in [1.807, 2.05) is 18.2 Å². The van der Waals surface area contributed by atoms with E-state index in [4.69, 9.17) is 14.7 Å². The molecule has 1 aromatic carbocycles. The van der Waals surface area contributed by atoms with Crippen LogP contribution >= 0.6 is 0 Å². The summed E-state index contributed by atoms with van der Waals surface area (Å²) in [5, 5.41) is 8.80. The number of nitrogens with zero attached hydrogens (tertiary/aromatic N) is 3. The van der Waals surface area contributed by atoms with E-state index in [1.54, 1.807) is 19.2 Å². The van der Waals surface area contributed by atoms with Gasteiger partial charge in [-0.3, -0.25) is 0 Å².